The first-order valence-corrected chi connectivity index (χ1v) is 9.07. The molecule has 0 saturated heterocycles. The van der Waals surface area contributed by atoms with Gasteiger partial charge in [-0.25, -0.2) is 0 Å². The Labute approximate surface area is 163 Å². The number of carbonyl (C=O) groups excluding carboxylic acids is 1. The third kappa shape index (κ3) is 3.86. The van der Waals surface area contributed by atoms with Gasteiger partial charge < -0.3 is 10.2 Å². The van der Waals surface area contributed by atoms with E-state index in [9.17, 15) is 4.79 Å². The monoisotopic (exact) mass is 371 g/mol. The third-order valence-electron chi connectivity index (χ3n) is 4.47. The largest absolute Gasteiger partial charge is 0.378 e. The summed E-state index contributed by atoms with van der Waals surface area (Å²) < 4.78 is 0. The van der Waals surface area contributed by atoms with Crippen LogP contribution in [0.1, 0.15) is 5.56 Å². The highest BCUT2D eigenvalue weighted by molar-refractivity contribution is 5.94. The summed E-state index contributed by atoms with van der Waals surface area (Å²) >= 11 is 0. The van der Waals surface area contributed by atoms with Gasteiger partial charge in [-0.3, -0.25) is 4.79 Å². The highest BCUT2D eigenvalue weighted by Crippen LogP contribution is 2.19. The molecule has 0 aliphatic heterocycles. The lowest BCUT2D eigenvalue weighted by Crippen LogP contribution is -2.14. The van der Waals surface area contributed by atoms with Gasteiger partial charge in [0.1, 0.15) is 11.0 Å². The van der Waals surface area contributed by atoms with Gasteiger partial charge in [-0.1, -0.05) is 30.3 Å². The Morgan fingerprint density at radius 2 is 1.64 bits per heavy atom. The maximum atomic E-state index is 12.3. The Hall–Kier alpha value is -3.67. The third-order valence-corrected chi connectivity index (χ3v) is 4.47. The fourth-order valence-corrected chi connectivity index (χ4v) is 2.98. The van der Waals surface area contributed by atoms with Crippen LogP contribution in [0.5, 0.6) is 0 Å². The first-order chi connectivity index (χ1) is 13.6. The molecule has 1 aromatic heterocycles. The summed E-state index contributed by atoms with van der Waals surface area (Å²) in [5.74, 6) is -0.0581. The normalized spacial score (nSPS) is 10.8. The van der Waals surface area contributed by atoms with E-state index < -0.39 is 0 Å². The van der Waals surface area contributed by atoms with Crippen molar-refractivity contribution in [3.63, 3.8) is 0 Å². The van der Waals surface area contributed by atoms with Crippen molar-refractivity contribution in [1.82, 2.24) is 15.0 Å². The minimum atomic E-state index is -0.0581. The molecule has 0 radical (unpaired) electrons. The van der Waals surface area contributed by atoms with E-state index in [2.05, 4.69) is 15.5 Å². The molecule has 4 aromatic rings. The van der Waals surface area contributed by atoms with E-state index in [1.807, 2.05) is 91.8 Å². The van der Waals surface area contributed by atoms with Gasteiger partial charge in [-0.05, 0) is 48.0 Å². The van der Waals surface area contributed by atoms with Gasteiger partial charge in [-0.2, -0.15) is 4.80 Å². The van der Waals surface area contributed by atoms with Crippen LogP contribution in [0.3, 0.4) is 0 Å². The minimum Gasteiger partial charge on any atom is -0.378 e. The molecule has 3 aromatic carbocycles. The van der Waals surface area contributed by atoms with Crippen LogP contribution in [0.25, 0.3) is 16.7 Å². The summed E-state index contributed by atoms with van der Waals surface area (Å²) in [4.78, 5) is 15.9. The summed E-state index contributed by atoms with van der Waals surface area (Å²) in [5.41, 5.74) is 5.20. The smallest absolute Gasteiger partial charge is 0.228 e. The second-order valence-electron chi connectivity index (χ2n) is 6.81. The molecule has 0 saturated carbocycles. The minimum absolute atomic E-state index is 0.0581. The SMILES string of the molecule is CN(C)c1ccc(-n2nc3ccc(NC(=O)Cc4ccccc4)cc3n2)cc1. The predicted molar refractivity (Wildman–Crippen MR) is 112 cm³/mol. The van der Waals surface area contributed by atoms with Crippen LogP contribution in [0, 0.1) is 0 Å². The molecule has 6 heteroatoms. The van der Waals surface area contributed by atoms with Crippen molar-refractivity contribution in [3.8, 4) is 5.69 Å². The molecule has 0 atom stereocenters. The molecule has 0 bridgehead atoms. The van der Waals surface area contributed by atoms with Crippen LogP contribution < -0.4 is 10.2 Å². The zero-order valence-electron chi connectivity index (χ0n) is 15.8. The van der Waals surface area contributed by atoms with Crippen molar-refractivity contribution in [1.29, 1.82) is 0 Å². The van der Waals surface area contributed by atoms with Gasteiger partial charge in [0, 0.05) is 25.5 Å². The molecular formula is C22H21N5O. The lowest BCUT2D eigenvalue weighted by atomic mass is 10.1. The molecule has 0 spiro atoms. The molecule has 1 amide bonds. The highest BCUT2D eigenvalue weighted by atomic mass is 16.1. The molecule has 1 N–H and O–H groups in total. The van der Waals surface area contributed by atoms with E-state index in [1.54, 1.807) is 4.80 Å². The van der Waals surface area contributed by atoms with E-state index in [4.69, 9.17) is 0 Å². The molecule has 4 rings (SSSR count). The highest BCUT2D eigenvalue weighted by Gasteiger charge is 2.08. The molecule has 0 aliphatic rings. The van der Waals surface area contributed by atoms with E-state index in [1.165, 1.54) is 0 Å². The van der Waals surface area contributed by atoms with Gasteiger partial charge in [0.25, 0.3) is 0 Å². The molecule has 0 fully saturated rings. The zero-order valence-corrected chi connectivity index (χ0v) is 15.8. The number of aromatic nitrogens is 3. The summed E-state index contributed by atoms with van der Waals surface area (Å²) in [6.45, 7) is 0. The number of carbonyl (C=O) groups is 1. The van der Waals surface area contributed by atoms with Crippen molar-refractivity contribution in [2.45, 2.75) is 6.42 Å². The average Bonchev–Trinajstić information content (AvgIpc) is 3.12. The van der Waals surface area contributed by atoms with Crippen LogP contribution in [-0.2, 0) is 11.2 Å². The molecule has 0 unspecified atom stereocenters. The first-order valence-electron chi connectivity index (χ1n) is 9.07. The molecular weight excluding hydrogens is 350 g/mol. The Morgan fingerprint density at radius 1 is 0.929 bits per heavy atom. The fourth-order valence-electron chi connectivity index (χ4n) is 2.98. The van der Waals surface area contributed by atoms with E-state index in [-0.39, 0.29) is 5.91 Å². The Bertz CT molecular complexity index is 1100. The van der Waals surface area contributed by atoms with E-state index in [0.717, 1.165) is 28.0 Å². The number of rotatable bonds is 5. The van der Waals surface area contributed by atoms with Crippen LogP contribution in [0.4, 0.5) is 11.4 Å². The number of fused-ring (bicyclic) bond motifs is 1. The number of anilines is 2. The first kappa shape index (κ1) is 17.7. The van der Waals surface area contributed by atoms with Crippen molar-refractivity contribution in [3.05, 3.63) is 78.4 Å². The molecule has 6 nitrogen and oxygen atoms in total. The summed E-state index contributed by atoms with van der Waals surface area (Å²) in [5, 5.41) is 12.0. The summed E-state index contributed by atoms with van der Waals surface area (Å²) in [6, 6.07) is 23.2. The second-order valence-corrected chi connectivity index (χ2v) is 6.81. The standard InChI is InChI=1S/C22H21N5O/c1-26(2)18-9-11-19(12-10-18)27-24-20-13-8-17(15-21(20)25-27)23-22(28)14-16-6-4-3-5-7-16/h3-13,15H,14H2,1-2H3,(H,23,28). The lowest BCUT2D eigenvalue weighted by Gasteiger charge is -2.12. The van der Waals surface area contributed by atoms with Crippen LogP contribution >= 0.6 is 0 Å². The Balaban J connectivity index is 1.52. The van der Waals surface area contributed by atoms with Crippen LogP contribution in [-0.4, -0.2) is 35.0 Å². The van der Waals surface area contributed by atoms with Crippen LogP contribution in [0.15, 0.2) is 72.8 Å². The molecule has 140 valence electrons. The Morgan fingerprint density at radius 3 is 2.36 bits per heavy atom. The average molecular weight is 371 g/mol. The van der Waals surface area contributed by atoms with Crippen molar-refractivity contribution in [2.24, 2.45) is 0 Å². The maximum Gasteiger partial charge on any atom is 0.228 e. The van der Waals surface area contributed by atoms with E-state index in [0.29, 0.717) is 12.1 Å². The number of amides is 1. The number of hydrogen-bond donors (Lipinski definition) is 1. The Kier molecular flexibility index (Phi) is 4.76. The fraction of sp³-hybridized carbons (Fsp3) is 0.136. The summed E-state index contributed by atoms with van der Waals surface area (Å²) in [6.07, 6.45) is 0.337. The van der Waals surface area contributed by atoms with Gasteiger partial charge in [0.2, 0.25) is 5.91 Å². The maximum absolute atomic E-state index is 12.3. The van der Waals surface area contributed by atoms with Gasteiger partial charge in [0.15, 0.2) is 0 Å². The number of hydrogen-bond acceptors (Lipinski definition) is 4. The van der Waals surface area contributed by atoms with Crippen molar-refractivity contribution >= 4 is 28.3 Å². The number of nitrogens with one attached hydrogen (secondary N) is 1. The molecule has 0 aliphatic carbocycles. The topological polar surface area (TPSA) is 63.1 Å². The zero-order chi connectivity index (χ0) is 19.5. The number of nitrogens with zero attached hydrogens (tertiary/aromatic N) is 4. The molecule has 1 heterocycles. The van der Waals surface area contributed by atoms with Gasteiger partial charge >= 0.3 is 0 Å². The van der Waals surface area contributed by atoms with Crippen molar-refractivity contribution < 1.29 is 4.79 Å². The molecule has 28 heavy (non-hydrogen) atoms. The lowest BCUT2D eigenvalue weighted by molar-refractivity contribution is -0.115. The number of benzene rings is 3. The van der Waals surface area contributed by atoms with Gasteiger partial charge in [-0.15, -0.1) is 10.2 Å². The van der Waals surface area contributed by atoms with Crippen molar-refractivity contribution in [2.75, 3.05) is 24.3 Å². The van der Waals surface area contributed by atoms with Gasteiger partial charge in [0.05, 0.1) is 12.1 Å². The van der Waals surface area contributed by atoms with Crippen LogP contribution in [0.2, 0.25) is 0 Å². The quantitative estimate of drug-likeness (QED) is 0.581. The van der Waals surface area contributed by atoms with E-state index >= 15 is 0 Å². The second kappa shape index (κ2) is 7.52. The summed E-state index contributed by atoms with van der Waals surface area (Å²) in [7, 11) is 4.01. The predicted octanol–water partition coefficient (Wildman–Crippen LogP) is 3.67.